The zero-order valence-electron chi connectivity index (χ0n) is 19.0. The van der Waals surface area contributed by atoms with E-state index in [0.717, 1.165) is 28.0 Å². The highest BCUT2D eigenvalue weighted by molar-refractivity contribution is 7.89. The molecule has 2 aromatic carbocycles. The Kier molecular flexibility index (Phi) is 7.72. The van der Waals surface area contributed by atoms with Gasteiger partial charge in [-0.2, -0.15) is 0 Å². The van der Waals surface area contributed by atoms with Crippen LogP contribution in [0, 0.1) is 0 Å². The first-order valence-electron chi connectivity index (χ1n) is 10.3. The summed E-state index contributed by atoms with van der Waals surface area (Å²) in [6.45, 7) is 16.3. The largest absolute Gasteiger partial charge is 0.497 e. The fraction of sp³-hybridized carbons (Fsp3) is 0.417. The maximum atomic E-state index is 13.4. The summed E-state index contributed by atoms with van der Waals surface area (Å²) in [7, 11) is -2.22. The summed E-state index contributed by atoms with van der Waals surface area (Å²) < 4.78 is 31.9. The Morgan fingerprint density at radius 2 is 1.40 bits per heavy atom. The van der Waals surface area contributed by atoms with Crippen molar-refractivity contribution in [3.8, 4) is 5.75 Å². The quantitative estimate of drug-likeness (QED) is 0.514. The maximum Gasteiger partial charge on any atom is 0.257 e. The minimum absolute atomic E-state index is 0.0672. The van der Waals surface area contributed by atoms with E-state index in [-0.39, 0.29) is 11.8 Å². The topological polar surface area (TPSA) is 67.4 Å². The van der Waals surface area contributed by atoms with Gasteiger partial charge in [0.1, 0.15) is 5.75 Å². The molecule has 0 saturated heterocycles. The van der Waals surface area contributed by atoms with E-state index in [9.17, 15) is 8.42 Å². The fourth-order valence-electron chi connectivity index (χ4n) is 3.24. The molecule has 0 aliphatic rings. The summed E-state index contributed by atoms with van der Waals surface area (Å²) in [6.07, 6.45) is 0. The van der Waals surface area contributed by atoms with Crippen LogP contribution >= 0.6 is 0 Å². The molecule has 0 atom stereocenters. The summed E-state index contributed by atoms with van der Waals surface area (Å²) in [5, 5.41) is 0. The van der Waals surface area contributed by atoms with Crippen molar-refractivity contribution in [2.45, 2.75) is 64.2 Å². The van der Waals surface area contributed by atoms with Crippen LogP contribution in [0.2, 0.25) is 0 Å². The number of methoxy groups -OCH3 is 1. The van der Waals surface area contributed by atoms with Crippen LogP contribution in [0.5, 0.6) is 5.75 Å². The van der Waals surface area contributed by atoms with E-state index < -0.39 is 10.0 Å². The summed E-state index contributed by atoms with van der Waals surface area (Å²) in [5.41, 5.74) is 6.80. The summed E-state index contributed by atoms with van der Waals surface area (Å²) in [5.74, 6) is 1.17. The Morgan fingerprint density at radius 3 is 1.80 bits per heavy atom. The number of sulfonamides is 1. The van der Waals surface area contributed by atoms with Gasteiger partial charge in [-0.3, -0.25) is 0 Å². The second-order valence-corrected chi connectivity index (χ2v) is 10.0. The molecule has 6 heteroatoms. The second kappa shape index (κ2) is 9.67. The third-order valence-electron chi connectivity index (χ3n) is 5.12. The number of rotatable bonds is 9. The van der Waals surface area contributed by atoms with Gasteiger partial charge in [0.05, 0.1) is 12.0 Å². The van der Waals surface area contributed by atoms with Gasteiger partial charge in [0.15, 0.2) is 0 Å². The zero-order valence-corrected chi connectivity index (χ0v) is 19.9. The molecule has 0 saturated carbocycles. The van der Waals surface area contributed by atoms with Gasteiger partial charge in [0.2, 0.25) is 0 Å². The third kappa shape index (κ3) is 5.43. The highest BCUT2D eigenvalue weighted by Gasteiger charge is 2.27. The Morgan fingerprint density at radius 1 is 0.900 bits per heavy atom. The van der Waals surface area contributed by atoms with Crippen molar-refractivity contribution in [1.82, 2.24) is 10.3 Å². The Hall–Kier alpha value is -2.31. The van der Waals surface area contributed by atoms with Crippen LogP contribution in [0.25, 0.3) is 5.70 Å². The zero-order chi connectivity index (χ0) is 22.6. The summed E-state index contributed by atoms with van der Waals surface area (Å²) >= 11 is 0. The Labute approximate surface area is 181 Å². The van der Waals surface area contributed by atoms with Crippen LogP contribution in [0.1, 0.15) is 81.5 Å². The average Bonchev–Trinajstić information content (AvgIpc) is 2.70. The predicted octanol–water partition coefficient (Wildman–Crippen LogP) is 5.52. The fourth-order valence-corrected chi connectivity index (χ4v) is 4.81. The van der Waals surface area contributed by atoms with Gasteiger partial charge in [-0.15, -0.1) is 4.83 Å². The molecule has 0 radical (unpaired) electrons. The molecule has 0 aliphatic heterocycles. The molecule has 5 nitrogen and oxygen atoms in total. The average molecular weight is 431 g/mol. The lowest BCUT2D eigenvalue weighted by molar-refractivity contribution is 0.415. The van der Waals surface area contributed by atoms with E-state index in [2.05, 4.69) is 30.7 Å². The number of ether oxygens (including phenoxy) is 1. The van der Waals surface area contributed by atoms with Crippen molar-refractivity contribution < 1.29 is 13.2 Å². The molecule has 164 valence electrons. The molecule has 0 spiro atoms. The molecule has 0 unspecified atom stereocenters. The van der Waals surface area contributed by atoms with E-state index in [4.69, 9.17) is 4.74 Å². The monoisotopic (exact) mass is 430 g/mol. The molecule has 0 aliphatic carbocycles. The van der Waals surface area contributed by atoms with Gasteiger partial charge >= 0.3 is 0 Å². The summed E-state index contributed by atoms with van der Waals surface area (Å²) in [4.78, 5) is 2.89. The Bertz CT molecular complexity index is 963. The first-order chi connectivity index (χ1) is 14.0. The number of hydrazine groups is 1. The first-order valence-corrected chi connectivity index (χ1v) is 11.7. The minimum Gasteiger partial charge on any atom is -0.497 e. The normalized spacial score (nSPS) is 11.9. The van der Waals surface area contributed by atoms with Gasteiger partial charge in [-0.25, -0.2) is 8.42 Å². The highest BCUT2D eigenvalue weighted by Crippen LogP contribution is 2.35. The molecule has 2 N–H and O–H groups in total. The third-order valence-corrected chi connectivity index (χ3v) is 6.50. The first kappa shape index (κ1) is 24.0. The molecule has 0 heterocycles. The standard InChI is InChI=1S/C24H34N2O3S/c1-15(2)20-13-22(16(3)4)24(23(14-20)17(5)6)30(27,28)26-25-18(7)19-9-11-21(29-8)12-10-19/h9-17,25-26H,7H2,1-6,8H3. The molecule has 30 heavy (non-hydrogen) atoms. The van der Waals surface area contributed by atoms with Crippen molar-refractivity contribution in [2.24, 2.45) is 0 Å². The highest BCUT2D eigenvalue weighted by atomic mass is 32.2. The van der Waals surface area contributed by atoms with Crippen molar-refractivity contribution in [1.29, 1.82) is 0 Å². The van der Waals surface area contributed by atoms with Gasteiger partial charge < -0.3 is 10.2 Å². The molecule has 0 amide bonds. The van der Waals surface area contributed by atoms with E-state index in [1.54, 1.807) is 19.2 Å². The van der Waals surface area contributed by atoms with Crippen LogP contribution in [0.15, 0.2) is 47.9 Å². The summed E-state index contributed by atoms with van der Waals surface area (Å²) in [6, 6.07) is 11.3. The Balaban J connectivity index is 2.41. The molecule has 0 fully saturated rings. The number of hydrogen-bond donors (Lipinski definition) is 2. The van der Waals surface area contributed by atoms with Gasteiger partial charge in [0, 0.05) is 5.70 Å². The second-order valence-electron chi connectivity index (χ2n) is 8.43. The van der Waals surface area contributed by atoms with Crippen LogP contribution < -0.4 is 15.0 Å². The van der Waals surface area contributed by atoms with Gasteiger partial charge in [0.25, 0.3) is 10.0 Å². The van der Waals surface area contributed by atoms with Gasteiger partial charge in [-0.05, 0) is 64.3 Å². The maximum absolute atomic E-state index is 13.4. The number of nitrogens with one attached hydrogen (secondary N) is 2. The lowest BCUT2D eigenvalue weighted by atomic mass is 9.89. The van der Waals surface area contributed by atoms with Crippen LogP contribution in [-0.4, -0.2) is 15.5 Å². The van der Waals surface area contributed by atoms with Crippen LogP contribution in [0.4, 0.5) is 0 Å². The van der Waals surface area contributed by atoms with Crippen molar-refractivity contribution in [3.05, 3.63) is 65.2 Å². The van der Waals surface area contributed by atoms with Crippen molar-refractivity contribution in [3.63, 3.8) is 0 Å². The smallest absolute Gasteiger partial charge is 0.257 e. The van der Waals surface area contributed by atoms with Gasteiger partial charge in [-0.1, -0.05) is 60.3 Å². The lowest BCUT2D eigenvalue weighted by Gasteiger charge is -2.23. The van der Waals surface area contributed by atoms with Crippen LogP contribution in [0.3, 0.4) is 0 Å². The molecule has 0 aromatic heterocycles. The van der Waals surface area contributed by atoms with E-state index in [1.165, 1.54) is 0 Å². The van der Waals surface area contributed by atoms with Crippen molar-refractivity contribution >= 4 is 15.7 Å². The van der Waals surface area contributed by atoms with E-state index in [1.807, 2.05) is 52.0 Å². The predicted molar refractivity (Wildman–Crippen MR) is 124 cm³/mol. The van der Waals surface area contributed by atoms with Crippen molar-refractivity contribution in [2.75, 3.05) is 7.11 Å². The molecule has 2 rings (SSSR count). The molecule has 0 bridgehead atoms. The number of benzene rings is 2. The molecular formula is C24H34N2O3S. The van der Waals surface area contributed by atoms with E-state index in [0.29, 0.717) is 16.5 Å². The minimum atomic E-state index is -3.82. The SMILES string of the molecule is C=C(NNS(=O)(=O)c1c(C(C)C)cc(C(C)C)cc1C(C)C)c1ccc(OC)cc1. The van der Waals surface area contributed by atoms with E-state index >= 15 is 0 Å². The molecule has 2 aromatic rings. The number of hydrogen-bond acceptors (Lipinski definition) is 4. The lowest BCUT2D eigenvalue weighted by Crippen LogP contribution is -2.37. The molecular weight excluding hydrogens is 396 g/mol. The van der Waals surface area contributed by atoms with Crippen LogP contribution in [-0.2, 0) is 10.0 Å².